The van der Waals surface area contributed by atoms with Crippen molar-refractivity contribution >= 4 is 18.3 Å². The number of fused-ring (bicyclic) bond motifs is 1. The van der Waals surface area contributed by atoms with E-state index in [1.54, 1.807) is 0 Å². The molecular formula is C18H27ClN2O3. The van der Waals surface area contributed by atoms with Crippen LogP contribution >= 0.6 is 12.4 Å². The number of halogens is 1. The third-order valence-electron chi connectivity index (χ3n) is 4.93. The molecule has 2 aliphatic heterocycles. The summed E-state index contributed by atoms with van der Waals surface area (Å²) in [5.74, 6) is 1.99. The topological polar surface area (TPSA) is 59.6 Å². The molecule has 2 aliphatic rings. The van der Waals surface area contributed by atoms with Crippen molar-refractivity contribution in [3.8, 4) is 11.5 Å². The lowest BCUT2D eigenvalue weighted by Crippen LogP contribution is -2.52. The van der Waals surface area contributed by atoms with E-state index in [1.165, 1.54) is 0 Å². The fraction of sp³-hybridized carbons (Fsp3) is 0.611. The molecule has 0 aromatic heterocycles. The SMILES string of the molecule is CC1CNCCC1NC(=O)C(C)(C)c1ccc2c(c1)OCCO2.Cl. The van der Waals surface area contributed by atoms with Gasteiger partial charge in [-0.1, -0.05) is 13.0 Å². The van der Waals surface area contributed by atoms with E-state index in [-0.39, 0.29) is 24.4 Å². The molecule has 3 rings (SSSR count). The molecule has 0 spiro atoms. The highest BCUT2D eigenvalue weighted by molar-refractivity contribution is 5.87. The van der Waals surface area contributed by atoms with Gasteiger partial charge in [0.05, 0.1) is 5.41 Å². The Bertz CT molecular complexity index is 592. The van der Waals surface area contributed by atoms with Gasteiger partial charge in [0, 0.05) is 6.04 Å². The minimum atomic E-state index is -0.611. The van der Waals surface area contributed by atoms with E-state index < -0.39 is 5.41 Å². The van der Waals surface area contributed by atoms with Crippen LogP contribution < -0.4 is 20.1 Å². The zero-order valence-corrected chi connectivity index (χ0v) is 15.4. The number of ether oxygens (including phenoxy) is 2. The number of benzene rings is 1. The molecule has 1 amide bonds. The minimum Gasteiger partial charge on any atom is -0.486 e. The Kier molecular flexibility index (Phi) is 5.99. The van der Waals surface area contributed by atoms with E-state index in [1.807, 2.05) is 32.0 Å². The highest BCUT2D eigenvalue weighted by Gasteiger charge is 2.34. The molecule has 0 bridgehead atoms. The summed E-state index contributed by atoms with van der Waals surface area (Å²) < 4.78 is 11.2. The largest absolute Gasteiger partial charge is 0.486 e. The summed E-state index contributed by atoms with van der Waals surface area (Å²) in [6, 6.07) is 6.02. The Labute approximate surface area is 149 Å². The number of carbonyl (C=O) groups excluding carboxylic acids is 1. The van der Waals surface area contributed by atoms with Gasteiger partial charge in [-0.2, -0.15) is 0 Å². The Balaban J connectivity index is 0.00000208. The first-order chi connectivity index (χ1) is 11.0. The van der Waals surface area contributed by atoms with Gasteiger partial charge < -0.3 is 20.1 Å². The lowest BCUT2D eigenvalue weighted by Gasteiger charge is -2.34. The Morgan fingerprint density at radius 2 is 1.96 bits per heavy atom. The normalized spacial score (nSPS) is 23.1. The average Bonchev–Trinajstić information content (AvgIpc) is 2.56. The number of hydrogen-bond donors (Lipinski definition) is 2. The molecule has 0 aliphatic carbocycles. The molecule has 1 fully saturated rings. The van der Waals surface area contributed by atoms with Crippen LogP contribution in [0.4, 0.5) is 0 Å². The van der Waals surface area contributed by atoms with Gasteiger partial charge in [0.15, 0.2) is 11.5 Å². The number of rotatable bonds is 3. The van der Waals surface area contributed by atoms with Crippen molar-refractivity contribution in [2.45, 2.75) is 38.6 Å². The number of hydrogen-bond acceptors (Lipinski definition) is 4. The predicted octanol–water partition coefficient (Wildman–Crippen LogP) is 2.27. The van der Waals surface area contributed by atoms with Crippen molar-refractivity contribution < 1.29 is 14.3 Å². The maximum absolute atomic E-state index is 12.8. The van der Waals surface area contributed by atoms with Crippen molar-refractivity contribution in [2.75, 3.05) is 26.3 Å². The van der Waals surface area contributed by atoms with Crippen LogP contribution in [0.25, 0.3) is 0 Å². The van der Waals surface area contributed by atoms with Crippen molar-refractivity contribution in [3.05, 3.63) is 23.8 Å². The van der Waals surface area contributed by atoms with Gasteiger partial charge in [0.25, 0.3) is 0 Å². The summed E-state index contributed by atoms with van der Waals surface area (Å²) in [7, 11) is 0. The smallest absolute Gasteiger partial charge is 0.230 e. The maximum atomic E-state index is 12.8. The van der Waals surface area contributed by atoms with Crippen LogP contribution in [0.3, 0.4) is 0 Å². The van der Waals surface area contributed by atoms with Crippen molar-refractivity contribution in [3.63, 3.8) is 0 Å². The first-order valence-corrected chi connectivity index (χ1v) is 8.40. The quantitative estimate of drug-likeness (QED) is 0.874. The Morgan fingerprint density at radius 3 is 2.67 bits per heavy atom. The molecular weight excluding hydrogens is 328 g/mol. The third kappa shape index (κ3) is 3.78. The van der Waals surface area contributed by atoms with Crippen LogP contribution in [0.1, 0.15) is 32.8 Å². The Morgan fingerprint density at radius 1 is 1.25 bits per heavy atom. The van der Waals surface area contributed by atoms with Crippen LogP contribution in [0.2, 0.25) is 0 Å². The van der Waals surface area contributed by atoms with Gasteiger partial charge >= 0.3 is 0 Å². The van der Waals surface area contributed by atoms with E-state index in [2.05, 4.69) is 17.6 Å². The van der Waals surface area contributed by atoms with Gasteiger partial charge in [-0.25, -0.2) is 0 Å². The summed E-state index contributed by atoms with van der Waals surface area (Å²) in [4.78, 5) is 12.8. The van der Waals surface area contributed by atoms with Crippen LogP contribution in [0.15, 0.2) is 18.2 Å². The zero-order chi connectivity index (χ0) is 16.4. The molecule has 1 aromatic carbocycles. The lowest BCUT2D eigenvalue weighted by atomic mass is 9.82. The van der Waals surface area contributed by atoms with E-state index in [0.29, 0.717) is 19.1 Å². The zero-order valence-electron chi connectivity index (χ0n) is 14.6. The molecule has 1 saturated heterocycles. The number of amides is 1. The standard InChI is InChI=1S/C18H26N2O3.ClH/c1-12-11-19-7-6-14(12)20-17(21)18(2,3)13-4-5-15-16(10-13)23-9-8-22-15;/h4-5,10,12,14,19H,6-9,11H2,1-3H3,(H,20,21);1H. The molecule has 0 saturated carbocycles. The lowest BCUT2D eigenvalue weighted by molar-refractivity contribution is -0.126. The van der Waals surface area contributed by atoms with E-state index in [0.717, 1.165) is 36.6 Å². The predicted molar refractivity (Wildman–Crippen MR) is 96.3 cm³/mol. The highest BCUT2D eigenvalue weighted by atomic mass is 35.5. The van der Waals surface area contributed by atoms with Gasteiger partial charge in [-0.3, -0.25) is 4.79 Å². The summed E-state index contributed by atoms with van der Waals surface area (Å²) >= 11 is 0. The maximum Gasteiger partial charge on any atom is 0.230 e. The van der Waals surface area contributed by atoms with Gasteiger partial charge in [0.1, 0.15) is 13.2 Å². The van der Waals surface area contributed by atoms with Gasteiger partial charge in [-0.05, 0) is 57.0 Å². The fourth-order valence-corrected chi connectivity index (χ4v) is 3.14. The second-order valence-corrected chi connectivity index (χ2v) is 7.03. The van der Waals surface area contributed by atoms with Crippen LogP contribution in [0.5, 0.6) is 11.5 Å². The second-order valence-electron chi connectivity index (χ2n) is 7.03. The molecule has 5 nitrogen and oxygen atoms in total. The number of carbonyl (C=O) groups is 1. The van der Waals surface area contributed by atoms with Gasteiger partial charge in [0.2, 0.25) is 5.91 Å². The molecule has 0 radical (unpaired) electrons. The first kappa shape index (κ1) is 18.9. The summed E-state index contributed by atoms with van der Waals surface area (Å²) in [6.45, 7) is 9.13. The van der Waals surface area contributed by atoms with Crippen LogP contribution in [-0.2, 0) is 10.2 Å². The summed E-state index contributed by atoms with van der Waals surface area (Å²) in [5, 5.41) is 6.60. The highest BCUT2D eigenvalue weighted by Crippen LogP contribution is 2.35. The summed E-state index contributed by atoms with van der Waals surface area (Å²) in [5.41, 5.74) is 0.335. The molecule has 2 heterocycles. The van der Waals surface area contributed by atoms with E-state index in [4.69, 9.17) is 9.47 Å². The molecule has 1 aromatic rings. The van der Waals surface area contributed by atoms with Crippen LogP contribution in [0, 0.1) is 5.92 Å². The number of nitrogens with one attached hydrogen (secondary N) is 2. The van der Waals surface area contributed by atoms with Crippen LogP contribution in [-0.4, -0.2) is 38.3 Å². The molecule has 6 heteroatoms. The van der Waals surface area contributed by atoms with Crippen molar-refractivity contribution in [1.29, 1.82) is 0 Å². The molecule has 24 heavy (non-hydrogen) atoms. The van der Waals surface area contributed by atoms with Crippen molar-refractivity contribution in [2.24, 2.45) is 5.92 Å². The minimum absolute atomic E-state index is 0. The first-order valence-electron chi connectivity index (χ1n) is 8.40. The molecule has 2 unspecified atom stereocenters. The van der Waals surface area contributed by atoms with E-state index >= 15 is 0 Å². The molecule has 2 atom stereocenters. The average molecular weight is 355 g/mol. The van der Waals surface area contributed by atoms with Crippen molar-refractivity contribution in [1.82, 2.24) is 10.6 Å². The monoisotopic (exact) mass is 354 g/mol. The number of piperidine rings is 1. The molecule has 2 N–H and O–H groups in total. The molecule has 134 valence electrons. The Hall–Kier alpha value is -1.46. The second kappa shape index (κ2) is 7.62. The third-order valence-corrected chi connectivity index (χ3v) is 4.93. The summed E-state index contributed by atoms with van der Waals surface area (Å²) in [6.07, 6.45) is 0.976. The van der Waals surface area contributed by atoms with Gasteiger partial charge in [-0.15, -0.1) is 12.4 Å². The van der Waals surface area contributed by atoms with E-state index in [9.17, 15) is 4.79 Å². The fourth-order valence-electron chi connectivity index (χ4n) is 3.14.